The number of likely N-dealkylation sites (N-methyl/N-ethyl adjacent to an activating group) is 1. The van der Waals surface area contributed by atoms with Crippen LogP contribution in [0, 0.1) is 0 Å². The second-order valence-electron chi connectivity index (χ2n) is 5.92. The Hall–Kier alpha value is -1.89. The zero-order chi connectivity index (χ0) is 15.0. The molecule has 7 nitrogen and oxygen atoms in total. The Balaban J connectivity index is 1.65. The maximum absolute atomic E-state index is 12.4. The number of nitrogens with one attached hydrogen (secondary N) is 1. The fraction of sp³-hybridized carbons (Fsp3) is 0.643. The summed E-state index contributed by atoms with van der Waals surface area (Å²) in [5, 5.41) is 6.83. The van der Waals surface area contributed by atoms with Crippen molar-refractivity contribution < 1.29 is 9.59 Å². The molecule has 114 valence electrons. The van der Waals surface area contributed by atoms with Crippen molar-refractivity contribution in [1.82, 2.24) is 24.9 Å². The molecule has 2 aliphatic heterocycles. The van der Waals surface area contributed by atoms with Gasteiger partial charge in [0.15, 0.2) is 0 Å². The molecule has 21 heavy (non-hydrogen) atoms. The first kappa shape index (κ1) is 14.1. The van der Waals surface area contributed by atoms with Crippen molar-refractivity contribution in [2.24, 2.45) is 7.05 Å². The van der Waals surface area contributed by atoms with Crippen LogP contribution in [0.1, 0.15) is 23.3 Å². The summed E-state index contributed by atoms with van der Waals surface area (Å²) in [6.45, 7) is 2.78. The van der Waals surface area contributed by atoms with Crippen LogP contribution in [0.25, 0.3) is 0 Å². The summed E-state index contributed by atoms with van der Waals surface area (Å²) in [6.07, 6.45) is 3.76. The Bertz CT molecular complexity index is 569. The number of aryl methyl sites for hydroxylation is 1. The maximum atomic E-state index is 12.4. The van der Waals surface area contributed by atoms with Gasteiger partial charge in [0, 0.05) is 45.5 Å². The highest BCUT2D eigenvalue weighted by atomic mass is 16.2. The monoisotopic (exact) mass is 291 g/mol. The Labute approximate surface area is 123 Å². The number of hydrogen-bond acceptors (Lipinski definition) is 4. The van der Waals surface area contributed by atoms with Crippen molar-refractivity contribution >= 4 is 11.8 Å². The Morgan fingerprint density at radius 1 is 1.38 bits per heavy atom. The van der Waals surface area contributed by atoms with E-state index in [1.807, 2.05) is 4.90 Å². The van der Waals surface area contributed by atoms with Crippen molar-refractivity contribution in [2.45, 2.75) is 18.4 Å². The van der Waals surface area contributed by atoms with Gasteiger partial charge in [-0.2, -0.15) is 5.10 Å². The van der Waals surface area contributed by atoms with Crippen LogP contribution in [0.5, 0.6) is 0 Å². The first-order chi connectivity index (χ1) is 10.0. The Kier molecular flexibility index (Phi) is 3.44. The molecule has 7 heteroatoms. The molecule has 0 radical (unpaired) electrons. The van der Waals surface area contributed by atoms with E-state index >= 15 is 0 Å². The van der Waals surface area contributed by atoms with Crippen LogP contribution in [-0.2, 0) is 11.8 Å². The first-order valence-electron chi connectivity index (χ1n) is 7.29. The minimum atomic E-state index is -0.0146. The van der Waals surface area contributed by atoms with E-state index in [1.54, 1.807) is 31.0 Å². The minimum absolute atomic E-state index is 0.00303. The Morgan fingerprint density at radius 2 is 2.14 bits per heavy atom. The van der Waals surface area contributed by atoms with Crippen LogP contribution in [0.15, 0.2) is 12.3 Å². The molecule has 1 N–H and O–H groups in total. The average molecular weight is 291 g/mol. The third-order valence-corrected chi connectivity index (χ3v) is 4.68. The van der Waals surface area contributed by atoms with Gasteiger partial charge in [0.1, 0.15) is 5.69 Å². The van der Waals surface area contributed by atoms with Crippen molar-refractivity contribution in [3.8, 4) is 0 Å². The summed E-state index contributed by atoms with van der Waals surface area (Å²) in [5.74, 6) is 0.0165. The van der Waals surface area contributed by atoms with Crippen LogP contribution in [0.4, 0.5) is 0 Å². The summed E-state index contributed by atoms with van der Waals surface area (Å²) in [4.78, 5) is 28.0. The van der Waals surface area contributed by atoms with Gasteiger partial charge < -0.3 is 10.2 Å². The molecule has 2 saturated heterocycles. The third-order valence-electron chi connectivity index (χ3n) is 4.68. The van der Waals surface area contributed by atoms with Crippen LogP contribution in [-0.4, -0.2) is 70.2 Å². The largest absolute Gasteiger partial charge is 0.358 e. The second kappa shape index (κ2) is 5.14. The number of carbonyl (C=O) groups is 2. The Morgan fingerprint density at radius 3 is 2.71 bits per heavy atom. The number of likely N-dealkylation sites (tertiary alicyclic amines) is 2. The molecule has 2 amide bonds. The summed E-state index contributed by atoms with van der Waals surface area (Å²) in [7, 11) is 3.46. The molecule has 0 bridgehead atoms. The number of hydrogen-bond donors (Lipinski definition) is 1. The molecule has 3 rings (SSSR count). The SMILES string of the molecule is CNC(=O)CN1CCC12CCN(C(=O)c1ccn(C)n1)C2. The molecular formula is C14H21N5O2. The summed E-state index contributed by atoms with van der Waals surface area (Å²) in [6, 6.07) is 1.75. The molecule has 3 heterocycles. The number of amides is 2. The zero-order valence-corrected chi connectivity index (χ0v) is 12.5. The fourth-order valence-electron chi connectivity index (χ4n) is 3.27. The van der Waals surface area contributed by atoms with Crippen LogP contribution in [0.3, 0.4) is 0 Å². The van der Waals surface area contributed by atoms with E-state index in [0.717, 1.165) is 25.9 Å². The van der Waals surface area contributed by atoms with Crippen molar-refractivity contribution in [2.75, 3.05) is 33.2 Å². The van der Waals surface area contributed by atoms with E-state index in [2.05, 4.69) is 15.3 Å². The number of rotatable bonds is 3. The number of carbonyl (C=O) groups excluding carboxylic acids is 2. The standard InChI is InChI=1S/C14H21N5O2/c1-15-12(20)9-19-8-5-14(19)4-7-18(10-14)13(21)11-3-6-17(2)16-11/h3,6H,4-5,7-10H2,1-2H3,(H,15,20). The molecule has 1 atom stereocenters. The maximum Gasteiger partial charge on any atom is 0.274 e. The molecule has 1 aromatic rings. The topological polar surface area (TPSA) is 70.5 Å². The second-order valence-corrected chi connectivity index (χ2v) is 5.92. The van der Waals surface area contributed by atoms with Crippen molar-refractivity contribution in [1.29, 1.82) is 0 Å². The van der Waals surface area contributed by atoms with E-state index < -0.39 is 0 Å². The molecule has 1 unspecified atom stereocenters. The zero-order valence-electron chi connectivity index (χ0n) is 12.5. The predicted molar refractivity (Wildman–Crippen MR) is 76.7 cm³/mol. The van der Waals surface area contributed by atoms with Gasteiger partial charge in [-0.3, -0.25) is 19.2 Å². The first-order valence-corrected chi connectivity index (χ1v) is 7.29. The van der Waals surface area contributed by atoms with Gasteiger partial charge in [0.2, 0.25) is 5.91 Å². The normalized spacial score (nSPS) is 25.1. The number of nitrogens with zero attached hydrogens (tertiary/aromatic N) is 4. The lowest BCUT2D eigenvalue weighted by Crippen LogP contribution is -2.63. The van der Waals surface area contributed by atoms with Gasteiger partial charge in [-0.05, 0) is 18.9 Å². The van der Waals surface area contributed by atoms with Crippen molar-refractivity contribution in [3.05, 3.63) is 18.0 Å². The summed E-state index contributed by atoms with van der Waals surface area (Å²) in [5.41, 5.74) is 0.489. The lowest BCUT2D eigenvalue weighted by Gasteiger charge is -2.50. The van der Waals surface area contributed by atoms with Gasteiger partial charge in [-0.15, -0.1) is 0 Å². The molecule has 1 aromatic heterocycles. The molecule has 0 aromatic carbocycles. The van der Waals surface area contributed by atoms with E-state index in [0.29, 0.717) is 18.8 Å². The summed E-state index contributed by atoms with van der Waals surface area (Å²) >= 11 is 0. The molecule has 0 saturated carbocycles. The molecule has 2 fully saturated rings. The van der Waals surface area contributed by atoms with E-state index in [4.69, 9.17) is 0 Å². The van der Waals surface area contributed by atoms with E-state index in [-0.39, 0.29) is 17.4 Å². The highest BCUT2D eigenvalue weighted by Gasteiger charge is 2.50. The van der Waals surface area contributed by atoms with E-state index in [9.17, 15) is 9.59 Å². The molecular weight excluding hydrogens is 270 g/mol. The highest BCUT2D eigenvalue weighted by Crippen LogP contribution is 2.39. The van der Waals surface area contributed by atoms with Gasteiger partial charge in [-0.1, -0.05) is 0 Å². The smallest absolute Gasteiger partial charge is 0.274 e. The quantitative estimate of drug-likeness (QED) is 0.812. The van der Waals surface area contributed by atoms with Crippen LogP contribution < -0.4 is 5.32 Å². The third kappa shape index (κ3) is 2.42. The fourth-order valence-corrected chi connectivity index (χ4v) is 3.27. The van der Waals surface area contributed by atoms with Crippen LogP contribution >= 0.6 is 0 Å². The van der Waals surface area contributed by atoms with Crippen molar-refractivity contribution in [3.63, 3.8) is 0 Å². The lowest BCUT2D eigenvalue weighted by molar-refractivity contribution is -0.126. The van der Waals surface area contributed by atoms with Crippen LogP contribution in [0.2, 0.25) is 0 Å². The molecule has 2 aliphatic rings. The molecule has 1 spiro atoms. The number of aromatic nitrogens is 2. The van der Waals surface area contributed by atoms with Gasteiger partial charge in [-0.25, -0.2) is 0 Å². The summed E-state index contributed by atoms with van der Waals surface area (Å²) < 4.78 is 1.64. The lowest BCUT2D eigenvalue weighted by atomic mass is 9.83. The minimum Gasteiger partial charge on any atom is -0.358 e. The highest BCUT2D eigenvalue weighted by molar-refractivity contribution is 5.92. The predicted octanol–water partition coefficient (Wildman–Crippen LogP) is -0.543. The van der Waals surface area contributed by atoms with Gasteiger partial charge in [0.25, 0.3) is 5.91 Å². The average Bonchev–Trinajstić information content (AvgIpc) is 3.10. The van der Waals surface area contributed by atoms with Gasteiger partial charge >= 0.3 is 0 Å². The van der Waals surface area contributed by atoms with E-state index in [1.165, 1.54) is 0 Å². The van der Waals surface area contributed by atoms with Gasteiger partial charge in [0.05, 0.1) is 6.54 Å². The molecule has 0 aliphatic carbocycles.